The lowest BCUT2D eigenvalue weighted by atomic mass is 10.0. The Labute approximate surface area is 841 Å². The number of carbonyl (C=O) groups is 6. The van der Waals surface area contributed by atoms with E-state index in [4.69, 9.17) is 75.8 Å². The molecule has 0 radical (unpaired) electrons. The normalized spacial score (nSPS) is 18.2. The summed E-state index contributed by atoms with van der Waals surface area (Å²) >= 11 is 0. The highest BCUT2D eigenvalue weighted by atomic mass is 16.8. The van der Waals surface area contributed by atoms with Gasteiger partial charge in [0.15, 0.2) is 0 Å². The van der Waals surface area contributed by atoms with Crippen molar-refractivity contribution in [2.24, 2.45) is 82.9 Å². The van der Waals surface area contributed by atoms with E-state index in [0.29, 0.717) is 140 Å². The summed E-state index contributed by atoms with van der Waals surface area (Å²) in [6, 6.07) is 0. The lowest BCUT2D eigenvalue weighted by Gasteiger charge is -2.31. The van der Waals surface area contributed by atoms with Crippen LogP contribution in [0.4, 0.5) is 9.59 Å². The molecule has 0 N–H and O–H groups in total. The smallest absolute Gasteiger partial charge is 0.466 e. The Balaban J connectivity index is -0.000000109. The van der Waals surface area contributed by atoms with Crippen LogP contribution in [0.25, 0.3) is 0 Å². The molecule has 0 aromatic heterocycles. The third kappa shape index (κ3) is 96.3. The molecule has 0 spiro atoms. The fourth-order valence-electron chi connectivity index (χ4n) is 10.7. The zero-order valence-corrected chi connectivity index (χ0v) is 89.0. The maximum Gasteiger partial charge on any atom is 0.509 e. The molecule has 25 nitrogen and oxygen atoms in total. The van der Waals surface area contributed by atoms with E-state index >= 15 is 0 Å². The zero-order valence-electron chi connectivity index (χ0n) is 89.0. The minimum absolute atomic E-state index is 0. The van der Waals surface area contributed by atoms with E-state index in [0.717, 1.165) is 75.0 Å². The number of nitrogens with zero attached hydrogens (tertiary/aromatic N) is 2. The standard InChI is InChI=1S/C10H20O3.C9H18O3.C9H14O2.C9H18O2.C8H15NO.3C8H16O.C7H15NO.3C7H12O2.C6H12O2.8CH4/c1-7(2)8(3)12-9(11)13-10(4,5)6;1-6(2)8(5)12-9(10)11-7(3)4;1-6(2)5-9-7(3)10-8(4)11-9;1-6(2)8(5)11-9(10)7(3)4;1-7(2)6-8(10)9-4-3-5-9;3*1-7(2)6-8-4-3-5-9-8;1-6(2)5-7(9)8(3)4;3*1-5(2)7-4-8-6(3)9-7;1-5(2)4-8-6(3)7;;;;;;;;/h7-8H,1-6H3;6-8H,1-5H3;6H,4-5H2,1-3H3;6-8H,1-5H3;7H,3-6H2,1-2H3;3*7-8H,3-6H2,1-2H3;6H,5H2,1-4H3;3*5,7H,3-4H2,1-2H3;5H,4H2,1-3H3;8*1H4/t;;;;;8-;;;;7-;;;;;;;;;;;/m.....1...1.........../s1. The van der Waals surface area contributed by atoms with E-state index < -0.39 is 17.9 Å². The van der Waals surface area contributed by atoms with Crippen molar-refractivity contribution in [1.82, 2.24) is 9.80 Å². The molecule has 7 unspecified atom stereocenters. The Kier molecular flexibility index (Phi) is 104. The van der Waals surface area contributed by atoms with Crippen LogP contribution in [0, 0.1) is 82.9 Å². The van der Waals surface area contributed by atoms with Crippen molar-refractivity contribution in [2.75, 3.05) is 73.4 Å². The van der Waals surface area contributed by atoms with Gasteiger partial charge in [-0.3, -0.25) is 19.2 Å². The first kappa shape index (κ1) is 157. The number of likely N-dealkylation sites (tertiary alicyclic amines) is 1. The molecule has 7 fully saturated rings. The third-order valence-electron chi connectivity index (χ3n) is 19.4. The summed E-state index contributed by atoms with van der Waals surface area (Å²) in [4.78, 5) is 68.8. The zero-order chi connectivity index (χ0) is 100. The summed E-state index contributed by atoms with van der Waals surface area (Å²) in [5, 5.41) is 0. The topological polar surface area (TPSA) is 266 Å². The van der Waals surface area contributed by atoms with Gasteiger partial charge in [-0.25, -0.2) is 9.59 Å². The van der Waals surface area contributed by atoms with E-state index in [-0.39, 0.29) is 126 Å². The second-order valence-electron chi connectivity index (χ2n) is 40.7. The number of esters is 2. The molecule has 0 aliphatic carbocycles. The molecule has 25 heteroatoms. The highest BCUT2D eigenvalue weighted by Gasteiger charge is 2.28. The van der Waals surface area contributed by atoms with Crippen molar-refractivity contribution in [3.8, 4) is 0 Å². The second kappa shape index (κ2) is 89.7. The number of carbonyl (C=O) groups excluding carboxylic acids is 6. The van der Waals surface area contributed by atoms with E-state index in [1.807, 2.05) is 136 Å². The van der Waals surface area contributed by atoms with Gasteiger partial charge in [0.25, 0.3) is 23.8 Å². The summed E-state index contributed by atoms with van der Waals surface area (Å²) < 4.78 is 87.0. The fourth-order valence-corrected chi connectivity index (χ4v) is 10.7. The van der Waals surface area contributed by atoms with E-state index in [1.54, 1.807) is 32.8 Å². The summed E-state index contributed by atoms with van der Waals surface area (Å²) in [7, 11) is 3.56. The Morgan fingerprint density at radius 1 is 0.419 bits per heavy atom. The summed E-state index contributed by atoms with van der Waals surface area (Å²) in [6.07, 6.45) is 15.9. The van der Waals surface area contributed by atoms with Gasteiger partial charge in [0, 0.05) is 73.2 Å². The molecule has 0 aromatic carbocycles. The van der Waals surface area contributed by atoms with Crippen LogP contribution in [0.5, 0.6) is 0 Å². The lowest BCUT2D eigenvalue weighted by molar-refractivity contribution is -0.154. The Morgan fingerprint density at radius 3 is 0.934 bits per heavy atom. The van der Waals surface area contributed by atoms with Gasteiger partial charge in [0.1, 0.15) is 73.6 Å². The summed E-state index contributed by atoms with van der Waals surface area (Å²) in [5.74, 6) is 10.8. The van der Waals surface area contributed by atoms with Crippen molar-refractivity contribution in [3.63, 3.8) is 0 Å². The van der Waals surface area contributed by atoms with Gasteiger partial charge in [-0.2, -0.15) is 0 Å². The molecule has 820 valence electrons. The largest absolute Gasteiger partial charge is 0.509 e. The van der Waals surface area contributed by atoms with Crippen molar-refractivity contribution in [1.29, 1.82) is 0 Å². The van der Waals surface area contributed by atoms with E-state index in [2.05, 4.69) is 142 Å². The molecule has 136 heavy (non-hydrogen) atoms. The van der Waals surface area contributed by atoms with Crippen molar-refractivity contribution >= 4 is 36.1 Å². The molecule has 9 atom stereocenters. The van der Waals surface area contributed by atoms with Crippen LogP contribution in [0.15, 0.2) is 61.6 Å². The number of hydrogen-bond donors (Lipinski definition) is 0. The molecule has 0 aromatic rings. The predicted octanol–water partition coefficient (Wildman–Crippen LogP) is 30.5. The fraction of sp³-hybridized carbons (Fsp3) is 0.856. The SMILES string of the molecule is C.C.C.C.C.C.C.C.C=C1OC(C)=C(CC(C)C)O1.C=C1OCC(C(C)C)O1.C=C1OCC(C(C)C)O1.C=C1OC[C@H](C(C)C)O1.CC(=O)OCC(C)C.CC(C)C(=O)OC(C)C(C)C.CC(C)C(C)OC(=O)OC(C)(C)C.CC(C)CC(=O)N(C)C.CC(C)CC(=O)N1CCC1.CC(C)CC1CCCO1.CC(C)CC1CCCO1.CC(C)C[C@H]1CCCO1.CC(C)OC(=O)OC(C)C(C)C. The highest BCUT2D eigenvalue weighted by molar-refractivity contribution is 5.77. The first-order valence-corrected chi connectivity index (χ1v) is 48.1. The molecule has 0 saturated carbocycles. The monoisotopic (exact) mass is 1960 g/mol. The average Bonchev–Trinajstić information content (AvgIpc) is 1.76. The first-order valence-electron chi connectivity index (χ1n) is 48.1. The molecule has 8 heterocycles. The van der Waals surface area contributed by atoms with Crippen LogP contribution in [0.2, 0.25) is 0 Å². The lowest BCUT2D eigenvalue weighted by Crippen LogP contribution is -2.42. The molecule has 8 aliphatic rings. The van der Waals surface area contributed by atoms with Gasteiger partial charge in [-0.05, 0) is 230 Å². The summed E-state index contributed by atoms with van der Waals surface area (Å²) in [6.45, 7) is 98.1. The van der Waals surface area contributed by atoms with Gasteiger partial charge < -0.3 is 90.3 Å². The number of hydrogen-bond acceptors (Lipinski definition) is 23. The second-order valence-corrected chi connectivity index (χ2v) is 40.7. The first-order chi connectivity index (χ1) is 59.0. The summed E-state index contributed by atoms with van der Waals surface area (Å²) in [5.41, 5.74) is -0.478. The van der Waals surface area contributed by atoms with Crippen LogP contribution in [-0.2, 0) is 99.7 Å². The van der Waals surface area contributed by atoms with Crippen LogP contribution in [0.3, 0.4) is 0 Å². The van der Waals surface area contributed by atoms with Gasteiger partial charge in [-0.1, -0.05) is 253 Å². The Hall–Kier alpha value is -6.60. The number of rotatable bonds is 25. The predicted molar refractivity (Wildman–Crippen MR) is 571 cm³/mol. The number of amides is 2. The minimum atomic E-state index is -0.589. The Bertz CT molecular complexity index is 2820. The van der Waals surface area contributed by atoms with Gasteiger partial charge in [0.05, 0.1) is 36.9 Å². The molecule has 8 aliphatic heterocycles. The minimum Gasteiger partial charge on any atom is -0.466 e. The quantitative estimate of drug-likeness (QED) is 0.0607. The molecular formula is C111H228N2O23. The van der Waals surface area contributed by atoms with Crippen LogP contribution < -0.4 is 0 Å². The average molecular weight is 1960 g/mol. The molecule has 8 rings (SSSR count). The van der Waals surface area contributed by atoms with Crippen molar-refractivity contribution in [2.45, 2.75) is 473 Å². The molecular weight excluding hydrogens is 1730 g/mol. The van der Waals surface area contributed by atoms with Gasteiger partial charge in [0.2, 0.25) is 11.8 Å². The van der Waals surface area contributed by atoms with Crippen molar-refractivity contribution < 1.29 is 109 Å². The van der Waals surface area contributed by atoms with Crippen LogP contribution in [0.1, 0.15) is 406 Å². The third-order valence-corrected chi connectivity index (χ3v) is 19.4. The van der Waals surface area contributed by atoms with Crippen LogP contribution in [-0.4, -0.2) is 186 Å². The molecule has 0 bridgehead atoms. The molecule has 7 saturated heterocycles. The van der Waals surface area contributed by atoms with Crippen LogP contribution >= 0.6 is 0 Å². The van der Waals surface area contributed by atoms with E-state index in [1.165, 1.54) is 71.1 Å². The maximum absolute atomic E-state index is 11.2. The maximum atomic E-state index is 11.2. The highest BCUT2D eigenvalue weighted by Crippen LogP contribution is 2.29. The number of allylic oxidation sites excluding steroid dienone is 2. The van der Waals surface area contributed by atoms with Crippen molar-refractivity contribution in [3.05, 3.63) is 61.6 Å². The number of ether oxygens (including phenoxy) is 17. The van der Waals surface area contributed by atoms with E-state index in [9.17, 15) is 28.8 Å². The Morgan fingerprint density at radius 2 is 0.750 bits per heavy atom. The van der Waals surface area contributed by atoms with Gasteiger partial charge >= 0.3 is 24.2 Å². The van der Waals surface area contributed by atoms with Gasteiger partial charge in [-0.15, -0.1) is 0 Å². The molecule has 2 amide bonds.